The maximum absolute atomic E-state index is 13.9. The van der Waals surface area contributed by atoms with Crippen molar-refractivity contribution in [3.05, 3.63) is 70.8 Å². The second-order valence-corrected chi connectivity index (χ2v) is 9.73. The van der Waals surface area contributed by atoms with E-state index in [4.69, 9.17) is 23.9 Å². The summed E-state index contributed by atoms with van der Waals surface area (Å²) in [5.74, 6) is 0.648. The number of hydrogen-bond donors (Lipinski definition) is 0. The van der Waals surface area contributed by atoms with Crippen LogP contribution in [0.1, 0.15) is 44.7 Å². The average molecular weight is 531 g/mol. The molecule has 0 unspecified atom stereocenters. The number of aromatic nitrogens is 1. The first-order valence-corrected chi connectivity index (χ1v) is 12.8. The Balaban J connectivity index is 1.76. The van der Waals surface area contributed by atoms with Crippen molar-refractivity contribution in [2.75, 3.05) is 41.5 Å². The number of pyridine rings is 1. The van der Waals surface area contributed by atoms with Crippen LogP contribution in [0.3, 0.4) is 0 Å². The van der Waals surface area contributed by atoms with Gasteiger partial charge >= 0.3 is 11.9 Å². The minimum Gasteiger partial charge on any atom is -0.497 e. The van der Waals surface area contributed by atoms with Gasteiger partial charge in [0.05, 0.1) is 43.0 Å². The molecule has 0 aliphatic rings. The molecule has 204 valence electrons. The molecule has 0 bridgehead atoms. The van der Waals surface area contributed by atoms with E-state index in [-0.39, 0.29) is 0 Å². The lowest BCUT2D eigenvalue weighted by molar-refractivity contribution is 0.0600. The molecule has 0 radical (unpaired) electrons. The summed E-state index contributed by atoms with van der Waals surface area (Å²) < 4.78 is 22.3. The minimum absolute atomic E-state index is 0.364. The Hall–Kier alpha value is -4.17. The Kier molecular flexibility index (Phi) is 8.66. The molecule has 0 aliphatic carbocycles. The number of carbonyl (C=O) groups is 2. The van der Waals surface area contributed by atoms with Crippen molar-refractivity contribution in [2.45, 2.75) is 26.7 Å². The summed E-state index contributed by atoms with van der Waals surface area (Å²) in [5, 5.41) is 1.23. The number of rotatable bonds is 10. The first-order valence-electron chi connectivity index (χ1n) is 12.8. The quantitative estimate of drug-likeness (QED) is 0.111. The van der Waals surface area contributed by atoms with Crippen LogP contribution in [0.25, 0.3) is 21.8 Å². The maximum atomic E-state index is 13.9. The second kappa shape index (κ2) is 12.1. The zero-order chi connectivity index (χ0) is 28.1. The van der Waals surface area contributed by atoms with E-state index in [2.05, 4.69) is 4.90 Å². The fourth-order valence-corrected chi connectivity index (χ4v) is 4.55. The molecule has 0 fully saturated rings. The lowest BCUT2D eigenvalue weighted by Crippen LogP contribution is -2.14. The van der Waals surface area contributed by atoms with Gasteiger partial charge in [0.2, 0.25) is 0 Å². The van der Waals surface area contributed by atoms with Gasteiger partial charge in [-0.15, -0.1) is 0 Å². The van der Waals surface area contributed by atoms with E-state index in [1.165, 1.54) is 7.11 Å². The molecule has 0 amide bonds. The molecule has 0 saturated carbocycles. The molecular formula is C31H34N2O6. The molecule has 1 aromatic heterocycles. The van der Waals surface area contributed by atoms with Gasteiger partial charge in [-0.3, -0.25) is 0 Å². The number of ether oxygens (including phenoxy) is 4. The standard InChI is InChI=1S/C31H34N2O6/c1-19-15-21(30(34)37-6)16-20(2)29(19)39-31(35)28-24-17-22(36-5)9-11-26(24)32-27-12-10-23(18-25(27)28)38-14-8-7-13-33(3)4/h9-12,15-18H,7-8,13-14H2,1-6H3. The van der Waals surface area contributed by atoms with Gasteiger partial charge in [0.1, 0.15) is 17.2 Å². The highest BCUT2D eigenvalue weighted by molar-refractivity contribution is 6.15. The van der Waals surface area contributed by atoms with Gasteiger partial charge in [0.25, 0.3) is 0 Å². The normalized spacial score (nSPS) is 11.2. The van der Waals surface area contributed by atoms with E-state index in [0.717, 1.165) is 19.4 Å². The first-order chi connectivity index (χ1) is 18.7. The van der Waals surface area contributed by atoms with Crippen molar-refractivity contribution >= 4 is 33.7 Å². The van der Waals surface area contributed by atoms with Gasteiger partial charge in [0, 0.05) is 10.8 Å². The van der Waals surface area contributed by atoms with Gasteiger partial charge in [0.15, 0.2) is 0 Å². The number of nitrogens with zero attached hydrogens (tertiary/aromatic N) is 2. The largest absolute Gasteiger partial charge is 0.497 e. The van der Waals surface area contributed by atoms with E-state index >= 15 is 0 Å². The number of aryl methyl sites for hydroxylation is 2. The van der Waals surface area contributed by atoms with Crippen LogP contribution in [0, 0.1) is 13.8 Å². The van der Waals surface area contributed by atoms with Gasteiger partial charge in [-0.25, -0.2) is 14.6 Å². The highest BCUT2D eigenvalue weighted by Gasteiger charge is 2.22. The molecule has 0 atom stereocenters. The molecule has 0 spiro atoms. The number of methoxy groups -OCH3 is 2. The highest BCUT2D eigenvalue weighted by atomic mass is 16.5. The highest BCUT2D eigenvalue weighted by Crippen LogP contribution is 2.33. The van der Waals surface area contributed by atoms with Crippen LogP contribution in [0.2, 0.25) is 0 Å². The second-order valence-electron chi connectivity index (χ2n) is 9.73. The fourth-order valence-electron chi connectivity index (χ4n) is 4.55. The summed E-state index contributed by atoms with van der Waals surface area (Å²) in [4.78, 5) is 32.8. The first kappa shape index (κ1) is 27.9. The molecule has 0 saturated heterocycles. The summed E-state index contributed by atoms with van der Waals surface area (Å²) in [6.07, 6.45) is 1.94. The molecule has 8 heteroatoms. The monoisotopic (exact) mass is 530 g/mol. The van der Waals surface area contributed by atoms with Crippen LogP contribution >= 0.6 is 0 Å². The molecule has 4 aromatic rings. The molecule has 1 heterocycles. The minimum atomic E-state index is -0.541. The third-order valence-corrected chi connectivity index (χ3v) is 6.50. The fraction of sp³-hybridized carbons (Fsp3) is 0.323. The van der Waals surface area contributed by atoms with E-state index in [9.17, 15) is 9.59 Å². The van der Waals surface area contributed by atoms with Crippen molar-refractivity contribution in [2.24, 2.45) is 0 Å². The molecule has 3 aromatic carbocycles. The van der Waals surface area contributed by atoms with Crippen molar-refractivity contribution in [3.8, 4) is 17.2 Å². The molecule has 4 rings (SSSR count). The predicted molar refractivity (Wildman–Crippen MR) is 151 cm³/mol. The number of hydrogen-bond acceptors (Lipinski definition) is 8. The number of benzene rings is 3. The van der Waals surface area contributed by atoms with E-state index in [0.29, 0.717) is 67.9 Å². The van der Waals surface area contributed by atoms with Crippen LogP contribution in [0.5, 0.6) is 17.2 Å². The van der Waals surface area contributed by atoms with Crippen molar-refractivity contribution in [1.82, 2.24) is 9.88 Å². The van der Waals surface area contributed by atoms with E-state index in [1.54, 1.807) is 45.2 Å². The zero-order valence-corrected chi connectivity index (χ0v) is 23.3. The van der Waals surface area contributed by atoms with Crippen molar-refractivity contribution in [3.63, 3.8) is 0 Å². The average Bonchev–Trinajstić information content (AvgIpc) is 2.92. The Labute approximate surface area is 228 Å². The topological polar surface area (TPSA) is 87.2 Å². The molecule has 0 N–H and O–H groups in total. The predicted octanol–water partition coefficient (Wildman–Crippen LogP) is 5.74. The number of esters is 2. The SMILES string of the molecule is COC(=O)c1cc(C)c(OC(=O)c2c3cc(OC)ccc3nc3ccc(OCCCCN(C)C)cc23)c(C)c1. The Bertz CT molecular complexity index is 1510. The summed E-state index contributed by atoms with van der Waals surface area (Å²) in [6.45, 7) is 5.14. The summed E-state index contributed by atoms with van der Waals surface area (Å²) in [5.41, 5.74) is 3.33. The number of unbranched alkanes of at least 4 members (excludes halogenated alkanes) is 1. The van der Waals surface area contributed by atoms with Crippen LogP contribution < -0.4 is 14.2 Å². The third kappa shape index (κ3) is 6.29. The lowest BCUT2D eigenvalue weighted by Gasteiger charge is -2.16. The van der Waals surface area contributed by atoms with Crippen LogP contribution in [-0.4, -0.2) is 63.3 Å². The maximum Gasteiger partial charge on any atom is 0.344 e. The van der Waals surface area contributed by atoms with E-state index < -0.39 is 11.9 Å². The Morgan fingerprint density at radius 2 is 1.44 bits per heavy atom. The number of fused-ring (bicyclic) bond motifs is 2. The molecule has 39 heavy (non-hydrogen) atoms. The van der Waals surface area contributed by atoms with Gasteiger partial charge < -0.3 is 23.8 Å². The summed E-state index contributed by atoms with van der Waals surface area (Å²) in [7, 11) is 7.00. The van der Waals surface area contributed by atoms with Gasteiger partial charge in [-0.1, -0.05) is 0 Å². The van der Waals surface area contributed by atoms with Crippen LogP contribution in [0.15, 0.2) is 48.5 Å². The molecule has 0 aliphatic heterocycles. The van der Waals surface area contributed by atoms with Crippen LogP contribution in [-0.2, 0) is 4.74 Å². The molecular weight excluding hydrogens is 496 g/mol. The Morgan fingerprint density at radius 3 is 2.03 bits per heavy atom. The zero-order valence-electron chi connectivity index (χ0n) is 23.3. The van der Waals surface area contributed by atoms with Crippen molar-refractivity contribution in [1.29, 1.82) is 0 Å². The number of carbonyl (C=O) groups excluding carboxylic acids is 2. The smallest absolute Gasteiger partial charge is 0.344 e. The summed E-state index contributed by atoms with van der Waals surface area (Å²) in [6, 6.07) is 14.3. The van der Waals surface area contributed by atoms with Gasteiger partial charge in [-0.2, -0.15) is 0 Å². The molecule has 8 nitrogen and oxygen atoms in total. The van der Waals surface area contributed by atoms with Crippen molar-refractivity contribution < 1.29 is 28.5 Å². The third-order valence-electron chi connectivity index (χ3n) is 6.50. The Morgan fingerprint density at radius 1 is 0.821 bits per heavy atom. The van der Waals surface area contributed by atoms with Gasteiger partial charge in [-0.05, 0) is 107 Å². The summed E-state index contributed by atoms with van der Waals surface area (Å²) >= 11 is 0. The lowest BCUT2D eigenvalue weighted by atomic mass is 10.0. The van der Waals surface area contributed by atoms with Crippen LogP contribution in [0.4, 0.5) is 0 Å². The van der Waals surface area contributed by atoms with E-state index in [1.807, 2.05) is 38.4 Å².